The Hall–Kier alpha value is -3.92. The van der Waals surface area contributed by atoms with Crippen LogP contribution in [0.2, 0.25) is 0 Å². The third-order valence-corrected chi connectivity index (χ3v) is 6.71. The Morgan fingerprint density at radius 1 is 0.973 bits per heavy atom. The number of nitrogens with one attached hydrogen (secondary N) is 1. The molecule has 0 aliphatic heterocycles. The van der Waals surface area contributed by atoms with Gasteiger partial charge in [0.2, 0.25) is 0 Å². The summed E-state index contributed by atoms with van der Waals surface area (Å²) in [7, 11) is 1.87. The maximum absolute atomic E-state index is 12.4. The second kappa shape index (κ2) is 10.2. The van der Waals surface area contributed by atoms with Gasteiger partial charge in [0.05, 0.1) is 5.39 Å². The molecule has 0 bridgehead atoms. The summed E-state index contributed by atoms with van der Waals surface area (Å²) in [6.45, 7) is 2.80. The predicted octanol–water partition coefficient (Wildman–Crippen LogP) is 7.01. The monoisotopic (exact) mass is 523 g/mol. The van der Waals surface area contributed by atoms with Crippen LogP contribution in [0.1, 0.15) is 16.9 Å². The summed E-state index contributed by atoms with van der Waals surface area (Å²) < 4.78 is 42.7. The molecule has 0 radical (unpaired) electrons. The highest BCUT2D eigenvalue weighted by Crippen LogP contribution is 2.31. The molecular weight excluding hydrogens is 499 g/mol. The minimum Gasteiger partial charge on any atom is -0.406 e. The van der Waals surface area contributed by atoms with Crippen molar-refractivity contribution < 1.29 is 17.9 Å². The highest BCUT2D eigenvalue weighted by molar-refractivity contribution is 7.18. The fourth-order valence-electron chi connectivity index (χ4n) is 4.04. The largest absolute Gasteiger partial charge is 0.573 e. The standard InChI is InChI=1S/C27H24F3N5OS/c1-17-16-22-24(32-25(33-26(22)37-17)23-13-15-35(2)34-23)31-14-3-4-18-5-7-19(8-6-18)20-9-11-21(12-10-20)36-27(28,29)30/h5-13,15-16H,3-4,14H2,1-2H3,(H,31,32,33). The number of aromatic nitrogens is 4. The first kappa shape index (κ1) is 24.8. The van der Waals surface area contributed by atoms with Crippen molar-refractivity contribution in [3.63, 3.8) is 0 Å². The van der Waals surface area contributed by atoms with Crippen molar-refractivity contribution in [2.24, 2.45) is 7.05 Å². The highest BCUT2D eigenvalue weighted by Gasteiger charge is 2.30. The van der Waals surface area contributed by atoms with E-state index in [0.29, 0.717) is 5.82 Å². The molecule has 10 heteroatoms. The van der Waals surface area contributed by atoms with Gasteiger partial charge in [-0.15, -0.1) is 24.5 Å². The maximum Gasteiger partial charge on any atom is 0.573 e. The normalized spacial score (nSPS) is 11.7. The number of fused-ring (bicyclic) bond motifs is 1. The summed E-state index contributed by atoms with van der Waals surface area (Å²) in [6, 6.07) is 17.9. The third kappa shape index (κ3) is 6.08. The molecule has 0 fully saturated rings. The number of rotatable bonds is 8. The van der Waals surface area contributed by atoms with Gasteiger partial charge in [0.25, 0.3) is 0 Å². The lowest BCUT2D eigenvalue weighted by Crippen LogP contribution is -2.16. The fraction of sp³-hybridized carbons (Fsp3) is 0.222. The van der Waals surface area contributed by atoms with Gasteiger partial charge >= 0.3 is 6.36 Å². The first-order valence-corrected chi connectivity index (χ1v) is 12.5. The van der Waals surface area contributed by atoms with Crippen molar-refractivity contribution in [3.8, 4) is 28.4 Å². The first-order valence-electron chi connectivity index (χ1n) is 11.7. The second-order valence-electron chi connectivity index (χ2n) is 8.65. The van der Waals surface area contributed by atoms with E-state index in [-0.39, 0.29) is 5.75 Å². The topological polar surface area (TPSA) is 64.9 Å². The van der Waals surface area contributed by atoms with E-state index in [2.05, 4.69) is 28.1 Å². The van der Waals surface area contributed by atoms with E-state index in [1.165, 1.54) is 22.6 Å². The Morgan fingerprint density at radius 2 is 1.68 bits per heavy atom. The van der Waals surface area contributed by atoms with Gasteiger partial charge in [-0.05, 0) is 60.7 Å². The fourth-order valence-corrected chi connectivity index (χ4v) is 4.92. The van der Waals surface area contributed by atoms with Crippen LogP contribution in [0, 0.1) is 6.92 Å². The van der Waals surface area contributed by atoms with Crippen LogP contribution in [0.25, 0.3) is 32.9 Å². The van der Waals surface area contributed by atoms with Gasteiger partial charge in [0, 0.05) is 24.7 Å². The van der Waals surface area contributed by atoms with E-state index in [1.807, 2.05) is 43.6 Å². The number of benzene rings is 2. The van der Waals surface area contributed by atoms with Crippen LogP contribution in [0.4, 0.5) is 19.0 Å². The number of alkyl halides is 3. The number of halogens is 3. The van der Waals surface area contributed by atoms with Gasteiger partial charge in [0.15, 0.2) is 5.82 Å². The zero-order chi connectivity index (χ0) is 26.0. The molecule has 5 aromatic rings. The molecule has 0 amide bonds. The van der Waals surface area contributed by atoms with Crippen molar-refractivity contribution in [3.05, 3.63) is 77.3 Å². The number of hydrogen-bond acceptors (Lipinski definition) is 6. The average Bonchev–Trinajstić information content (AvgIpc) is 3.46. The molecule has 0 saturated heterocycles. The number of hydrogen-bond donors (Lipinski definition) is 1. The zero-order valence-electron chi connectivity index (χ0n) is 20.2. The summed E-state index contributed by atoms with van der Waals surface area (Å²) in [4.78, 5) is 11.6. The van der Waals surface area contributed by atoms with E-state index in [4.69, 9.17) is 9.97 Å². The lowest BCUT2D eigenvalue weighted by molar-refractivity contribution is -0.274. The van der Waals surface area contributed by atoms with Crippen molar-refractivity contribution in [1.82, 2.24) is 19.7 Å². The van der Waals surface area contributed by atoms with Crippen LogP contribution in [0.5, 0.6) is 5.75 Å². The number of nitrogens with zero attached hydrogens (tertiary/aromatic N) is 4. The quantitative estimate of drug-likeness (QED) is 0.222. The molecule has 0 atom stereocenters. The van der Waals surface area contributed by atoms with Gasteiger partial charge in [0.1, 0.15) is 22.1 Å². The average molecular weight is 524 g/mol. The molecule has 0 saturated carbocycles. The van der Waals surface area contributed by atoms with Crippen LogP contribution in [0.15, 0.2) is 66.9 Å². The Balaban J connectivity index is 1.20. The van der Waals surface area contributed by atoms with Crippen LogP contribution >= 0.6 is 11.3 Å². The smallest absolute Gasteiger partial charge is 0.406 e. The van der Waals surface area contributed by atoms with Gasteiger partial charge < -0.3 is 10.1 Å². The lowest BCUT2D eigenvalue weighted by Gasteiger charge is -2.10. The molecule has 3 aromatic heterocycles. The third-order valence-electron chi connectivity index (χ3n) is 5.77. The lowest BCUT2D eigenvalue weighted by atomic mass is 10.0. The summed E-state index contributed by atoms with van der Waals surface area (Å²) >= 11 is 1.64. The van der Waals surface area contributed by atoms with Crippen molar-refractivity contribution >= 4 is 27.4 Å². The molecule has 5 rings (SSSR count). The second-order valence-corrected chi connectivity index (χ2v) is 9.88. The van der Waals surface area contributed by atoms with Gasteiger partial charge in [-0.1, -0.05) is 36.4 Å². The van der Waals surface area contributed by atoms with E-state index in [9.17, 15) is 13.2 Å². The predicted molar refractivity (Wildman–Crippen MR) is 140 cm³/mol. The summed E-state index contributed by atoms with van der Waals surface area (Å²) in [6.07, 6.45) is -1.05. The van der Waals surface area contributed by atoms with E-state index >= 15 is 0 Å². The molecule has 0 spiro atoms. The number of anilines is 1. The minimum absolute atomic E-state index is 0.230. The molecule has 0 aliphatic carbocycles. The Bertz CT molecular complexity index is 1510. The number of aryl methyl sites for hydroxylation is 3. The first-order chi connectivity index (χ1) is 17.7. The van der Waals surface area contributed by atoms with E-state index in [1.54, 1.807) is 28.2 Å². The Kier molecular flexibility index (Phi) is 6.84. The molecule has 3 heterocycles. The summed E-state index contributed by atoms with van der Waals surface area (Å²) in [5, 5.41) is 8.92. The van der Waals surface area contributed by atoms with Crippen molar-refractivity contribution in [1.29, 1.82) is 0 Å². The van der Waals surface area contributed by atoms with Gasteiger partial charge in [-0.3, -0.25) is 4.68 Å². The summed E-state index contributed by atoms with van der Waals surface area (Å²) in [5.74, 6) is 1.18. The number of thiophene rings is 1. The molecule has 37 heavy (non-hydrogen) atoms. The molecular formula is C27H24F3N5OS. The highest BCUT2D eigenvalue weighted by atomic mass is 32.1. The molecule has 1 N–H and O–H groups in total. The summed E-state index contributed by atoms with van der Waals surface area (Å²) in [5.41, 5.74) is 3.67. The van der Waals surface area contributed by atoms with Crippen LogP contribution in [0.3, 0.4) is 0 Å². The van der Waals surface area contributed by atoms with Crippen LogP contribution in [-0.2, 0) is 13.5 Å². The zero-order valence-corrected chi connectivity index (χ0v) is 21.0. The Morgan fingerprint density at radius 3 is 2.32 bits per heavy atom. The van der Waals surface area contributed by atoms with Crippen molar-refractivity contribution in [2.45, 2.75) is 26.1 Å². The van der Waals surface area contributed by atoms with Crippen LogP contribution in [-0.4, -0.2) is 32.7 Å². The molecule has 0 unspecified atom stereocenters. The molecule has 2 aromatic carbocycles. The molecule has 6 nitrogen and oxygen atoms in total. The maximum atomic E-state index is 12.4. The van der Waals surface area contributed by atoms with Gasteiger partial charge in [-0.2, -0.15) is 5.10 Å². The van der Waals surface area contributed by atoms with Gasteiger partial charge in [-0.25, -0.2) is 9.97 Å². The van der Waals surface area contributed by atoms with Crippen LogP contribution < -0.4 is 10.1 Å². The molecule has 190 valence electrons. The van der Waals surface area contributed by atoms with E-state index < -0.39 is 6.36 Å². The SMILES string of the molecule is Cc1cc2c(NCCCc3ccc(-c4ccc(OC(F)(F)F)cc4)cc3)nc(-c3ccn(C)n3)nc2s1. The molecule has 0 aliphatic rings. The number of ether oxygens (including phenoxy) is 1. The Labute approximate surface area is 215 Å². The van der Waals surface area contributed by atoms with Crippen molar-refractivity contribution in [2.75, 3.05) is 11.9 Å². The minimum atomic E-state index is -4.69. The van der Waals surface area contributed by atoms with E-state index in [0.717, 1.165) is 52.2 Å².